The van der Waals surface area contributed by atoms with Crippen molar-refractivity contribution in [2.24, 2.45) is 0 Å². The maximum Gasteiger partial charge on any atom is 0.238 e. The summed E-state index contributed by atoms with van der Waals surface area (Å²) in [6.45, 7) is 5.78. The summed E-state index contributed by atoms with van der Waals surface area (Å²) in [6, 6.07) is 3.58. The zero-order chi connectivity index (χ0) is 17.9. The molecule has 1 aliphatic rings. The van der Waals surface area contributed by atoms with Crippen molar-refractivity contribution >= 4 is 27.3 Å². The second-order valence-corrected chi connectivity index (χ2v) is 9.16. The molecule has 1 atom stereocenters. The molecule has 0 radical (unpaired) electrons. The predicted molar refractivity (Wildman–Crippen MR) is 92.7 cm³/mol. The molecule has 1 N–H and O–H groups in total. The first kappa shape index (κ1) is 18.9. The quantitative estimate of drug-likeness (QED) is 0.822. The molecule has 1 heterocycles. The lowest BCUT2D eigenvalue weighted by Gasteiger charge is -2.20. The van der Waals surface area contributed by atoms with Crippen LogP contribution in [0.2, 0.25) is 5.02 Å². The Morgan fingerprint density at radius 1 is 1.25 bits per heavy atom. The van der Waals surface area contributed by atoms with E-state index in [-0.39, 0.29) is 0 Å². The number of carbonyl (C=O) groups is 1. The van der Waals surface area contributed by atoms with Crippen LogP contribution in [0.4, 0.5) is 0 Å². The summed E-state index contributed by atoms with van der Waals surface area (Å²) in [5.41, 5.74) is 0.879. The van der Waals surface area contributed by atoms with E-state index in [0.717, 1.165) is 5.56 Å². The van der Waals surface area contributed by atoms with Gasteiger partial charge in [0.1, 0.15) is 18.5 Å². The maximum atomic E-state index is 12.0. The fraction of sp³-hybridized carbons (Fsp3) is 0.562. The van der Waals surface area contributed by atoms with Crippen LogP contribution in [0.15, 0.2) is 12.1 Å². The van der Waals surface area contributed by atoms with E-state index in [1.54, 1.807) is 19.9 Å². The molecule has 0 bridgehead atoms. The summed E-state index contributed by atoms with van der Waals surface area (Å²) >= 11 is 6.16. The highest BCUT2D eigenvalue weighted by Crippen LogP contribution is 2.38. The van der Waals surface area contributed by atoms with Gasteiger partial charge in [-0.15, -0.1) is 0 Å². The highest BCUT2D eigenvalue weighted by Gasteiger charge is 2.30. The lowest BCUT2D eigenvalue weighted by molar-refractivity contribution is -0.120. The SMILES string of the molecule is CC(C)S(=O)(=O)[C@H](C)C(=O)NCCc1cc(Cl)c2c(c1)OCCO2. The third kappa shape index (κ3) is 4.13. The van der Waals surface area contributed by atoms with Gasteiger partial charge in [-0.3, -0.25) is 4.79 Å². The molecule has 0 unspecified atom stereocenters. The number of halogens is 1. The molecule has 134 valence electrons. The monoisotopic (exact) mass is 375 g/mol. The van der Waals surface area contributed by atoms with Crippen molar-refractivity contribution in [3.8, 4) is 11.5 Å². The van der Waals surface area contributed by atoms with E-state index in [4.69, 9.17) is 21.1 Å². The van der Waals surface area contributed by atoms with Crippen molar-refractivity contribution in [3.63, 3.8) is 0 Å². The molecule has 1 aliphatic heterocycles. The second-order valence-electron chi connectivity index (χ2n) is 5.92. The Bertz CT molecular complexity index is 717. The maximum absolute atomic E-state index is 12.0. The van der Waals surface area contributed by atoms with Crippen molar-refractivity contribution < 1.29 is 22.7 Å². The van der Waals surface area contributed by atoms with Gasteiger partial charge in [-0.05, 0) is 44.9 Å². The van der Waals surface area contributed by atoms with E-state index in [1.165, 1.54) is 6.92 Å². The van der Waals surface area contributed by atoms with Gasteiger partial charge in [0, 0.05) is 6.54 Å². The molecule has 0 spiro atoms. The van der Waals surface area contributed by atoms with Gasteiger partial charge in [0.2, 0.25) is 5.91 Å². The van der Waals surface area contributed by atoms with Crippen LogP contribution in [0.25, 0.3) is 0 Å². The van der Waals surface area contributed by atoms with E-state index in [0.29, 0.717) is 42.7 Å². The van der Waals surface area contributed by atoms with Crippen molar-refractivity contribution in [1.82, 2.24) is 5.32 Å². The first-order chi connectivity index (χ1) is 11.2. The van der Waals surface area contributed by atoms with Crippen LogP contribution in [-0.4, -0.2) is 44.6 Å². The van der Waals surface area contributed by atoms with Gasteiger partial charge < -0.3 is 14.8 Å². The molecular weight excluding hydrogens is 354 g/mol. The van der Waals surface area contributed by atoms with Crippen molar-refractivity contribution in [1.29, 1.82) is 0 Å². The summed E-state index contributed by atoms with van der Waals surface area (Å²) in [5, 5.41) is 1.46. The second kappa shape index (κ2) is 7.61. The molecule has 0 saturated heterocycles. The summed E-state index contributed by atoms with van der Waals surface area (Å²) < 4.78 is 35.0. The molecule has 1 aromatic carbocycles. The molecule has 2 rings (SSSR count). The number of hydrogen-bond acceptors (Lipinski definition) is 5. The van der Waals surface area contributed by atoms with E-state index < -0.39 is 26.2 Å². The Kier molecular flexibility index (Phi) is 5.98. The van der Waals surface area contributed by atoms with E-state index >= 15 is 0 Å². The summed E-state index contributed by atoms with van der Waals surface area (Å²) in [4.78, 5) is 12.0. The number of nitrogens with one attached hydrogen (secondary N) is 1. The normalized spacial score (nSPS) is 15.2. The number of amides is 1. The number of carbonyl (C=O) groups excluding carboxylic acids is 1. The number of sulfone groups is 1. The summed E-state index contributed by atoms with van der Waals surface area (Å²) in [5.74, 6) is 0.630. The van der Waals surface area contributed by atoms with Gasteiger partial charge >= 0.3 is 0 Å². The highest BCUT2D eigenvalue weighted by atomic mass is 35.5. The minimum atomic E-state index is -3.46. The number of hydrogen-bond donors (Lipinski definition) is 1. The fourth-order valence-electron chi connectivity index (χ4n) is 2.34. The van der Waals surface area contributed by atoms with Gasteiger partial charge in [-0.25, -0.2) is 8.42 Å². The molecule has 0 saturated carbocycles. The number of fused-ring (bicyclic) bond motifs is 1. The van der Waals surface area contributed by atoms with Gasteiger partial charge in [-0.1, -0.05) is 11.6 Å². The van der Waals surface area contributed by atoms with Crippen LogP contribution >= 0.6 is 11.6 Å². The van der Waals surface area contributed by atoms with Gasteiger partial charge in [0.15, 0.2) is 21.3 Å². The minimum Gasteiger partial charge on any atom is -0.486 e. The Morgan fingerprint density at radius 2 is 1.92 bits per heavy atom. The van der Waals surface area contributed by atoms with Crippen LogP contribution in [-0.2, 0) is 21.1 Å². The molecule has 1 amide bonds. The van der Waals surface area contributed by atoms with Gasteiger partial charge in [0.05, 0.1) is 10.3 Å². The Balaban J connectivity index is 1.95. The third-order valence-electron chi connectivity index (χ3n) is 3.89. The number of ether oxygens (including phenoxy) is 2. The van der Waals surface area contributed by atoms with Crippen LogP contribution in [0, 0.1) is 0 Å². The van der Waals surface area contributed by atoms with Crippen molar-refractivity contribution in [2.75, 3.05) is 19.8 Å². The molecule has 0 fully saturated rings. The van der Waals surface area contributed by atoms with E-state index in [9.17, 15) is 13.2 Å². The highest BCUT2D eigenvalue weighted by molar-refractivity contribution is 7.93. The first-order valence-corrected chi connectivity index (χ1v) is 9.80. The van der Waals surface area contributed by atoms with Crippen molar-refractivity contribution in [3.05, 3.63) is 22.7 Å². The Labute approximate surface area is 147 Å². The standard InChI is InChI=1S/C16H22ClNO5S/c1-10(2)24(20,21)11(3)16(19)18-5-4-12-8-13(17)15-14(9-12)22-6-7-23-15/h8-11H,4-7H2,1-3H3,(H,18,19)/t11-/m1/s1. The average molecular weight is 376 g/mol. The Hall–Kier alpha value is -1.47. The third-order valence-corrected chi connectivity index (χ3v) is 6.68. The van der Waals surface area contributed by atoms with Crippen molar-refractivity contribution in [2.45, 2.75) is 37.7 Å². The van der Waals surface area contributed by atoms with E-state index in [1.807, 2.05) is 6.07 Å². The fourth-order valence-corrected chi connectivity index (χ4v) is 3.83. The average Bonchev–Trinajstić information content (AvgIpc) is 2.54. The lowest BCUT2D eigenvalue weighted by atomic mass is 10.1. The zero-order valence-electron chi connectivity index (χ0n) is 14.0. The lowest BCUT2D eigenvalue weighted by Crippen LogP contribution is -2.41. The number of benzene rings is 1. The molecule has 1 aromatic rings. The molecule has 6 nitrogen and oxygen atoms in total. The van der Waals surface area contributed by atoms with Crippen LogP contribution in [0.3, 0.4) is 0 Å². The topological polar surface area (TPSA) is 81.7 Å². The minimum absolute atomic E-state index is 0.312. The summed E-state index contributed by atoms with van der Waals surface area (Å²) in [6.07, 6.45) is 0.510. The predicted octanol–water partition coefficient (Wildman–Crippen LogP) is 1.98. The molecular formula is C16H22ClNO5S. The molecule has 24 heavy (non-hydrogen) atoms. The molecule has 0 aliphatic carbocycles. The molecule has 8 heteroatoms. The van der Waals surface area contributed by atoms with E-state index in [2.05, 4.69) is 5.32 Å². The van der Waals surface area contributed by atoms with Crippen LogP contribution < -0.4 is 14.8 Å². The largest absolute Gasteiger partial charge is 0.486 e. The zero-order valence-corrected chi connectivity index (χ0v) is 15.5. The van der Waals surface area contributed by atoms with Gasteiger partial charge in [-0.2, -0.15) is 0 Å². The number of rotatable bonds is 6. The molecule has 0 aromatic heterocycles. The first-order valence-electron chi connectivity index (χ1n) is 7.82. The van der Waals surface area contributed by atoms with Gasteiger partial charge in [0.25, 0.3) is 0 Å². The van der Waals surface area contributed by atoms with Crippen LogP contribution in [0.5, 0.6) is 11.5 Å². The Morgan fingerprint density at radius 3 is 2.58 bits per heavy atom. The smallest absolute Gasteiger partial charge is 0.238 e. The van der Waals surface area contributed by atoms with Crippen LogP contribution in [0.1, 0.15) is 26.3 Å². The summed E-state index contributed by atoms with van der Waals surface area (Å²) in [7, 11) is -3.46.